The molecule has 16 heavy (non-hydrogen) atoms. The summed E-state index contributed by atoms with van der Waals surface area (Å²) in [5, 5.41) is 10.7. The van der Waals surface area contributed by atoms with Crippen molar-refractivity contribution in [3.05, 3.63) is 40.0 Å². The van der Waals surface area contributed by atoms with Gasteiger partial charge in [0, 0.05) is 12.5 Å². The monoisotopic (exact) mass is 221 g/mol. The predicted octanol–water partition coefficient (Wildman–Crippen LogP) is 2.21. The van der Waals surface area contributed by atoms with Crippen molar-refractivity contribution in [2.24, 2.45) is 0 Å². The molecule has 0 fully saturated rings. The number of nitro groups is 1. The van der Waals surface area contributed by atoms with Crippen LogP contribution in [0.4, 0.5) is 5.69 Å². The average molecular weight is 221 g/mol. The Hall–Kier alpha value is -2.17. The molecule has 0 aliphatic heterocycles. The number of hydrogen-bond donors (Lipinski definition) is 0. The van der Waals surface area contributed by atoms with Crippen LogP contribution in [-0.2, 0) is 4.79 Å². The second kappa shape index (κ2) is 5.65. The number of methoxy groups -OCH3 is 1. The highest BCUT2D eigenvalue weighted by atomic mass is 16.6. The summed E-state index contributed by atoms with van der Waals surface area (Å²) in [4.78, 5) is 20.4. The van der Waals surface area contributed by atoms with Crippen molar-refractivity contribution in [3.63, 3.8) is 0 Å². The number of nitrogens with zero attached hydrogens (tertiary/aromatic N) is 1. The van der Waals surface area contributed by atoms with Crippen LogP contribution in [-0.4, -0.2) is 18.3 Å². The van der Waals surface area contributed by atoms with Gasteiger partial charge in [0.1, 0.15) is 12.0 Å². The summed E-state index contributed by atoms with van der Waals surface area (Å²) in [5.74, 6) is 0.538. The van der Waals surface area contributed by atoms with Gasteiger partial charge in [0.05, 0.1) is 17.6 Å². The number of aldehydes is 1. The molecule has 1 aromatic rings. The zero-order valence-corrected chi connectivity index (χ0v) is 8.75. The van der Waals surface area contributed by atoms with Crippen LogP contribution in [0.3, 0.4) is 0 Å². The van der Waals surface area contributed by atoms with Gasteiger partial charge in [-0.15, -0.1) is 0 Å². The molecule has 5 nitrogen and oxygen atoms in total. The van der Waals surface area contributed by atoms with Gasteiger partial charge in [0.2, 0.25) is 0 Å². The average Bonchev–Trinajstić information content (AvgIpc) is 2.29. The van der Waals surface area contributed by atoms with Gasteiger partial charge in [0.25, 0.3) is 5.69 Å². The van der Waals surface area contributed by atoms with Crippen LogP contribution in [0.5, 0.6) is 5.75 Å². The Morgan fingerprint density at radius 1 is 1.50 bits per heavy atom. The first kappa shape index (κ1) is 11.9. The van der Waals surface area contributed by atoms with E-state index in [0.29, 0.717) is 11.3 Å². The Morgan fingerprint density at radius 2 is 2.25 bits per heavy atom. The van der Waals surface area contributed by atoms with Crippen molar-refractivity contribution in [2.45, 2.75) is 6.42 Å². The van der Waals surface area contributed by atoms with E-state index in [4.69, 9.17) is 4.74 Å². The maximum atomic E-state index is 10.7. The van der Waals surface area contributed by atoms with Crippen LogP contribution in [0.15, 0.2) is 24.3 Å². The second-order valence-corrected chi connectivity index (χ2v) is 2.99. The largest absolute Gasteiger partial charge is 0.497 e. The molecule has 0 aromatic heterocycles. The number of rotatable bonds is 5. The molecule has 0 heterocycles. The van der Waals surface area contributed by atoms with Crippen LogP contribution >= 0.6 is 0 Å². The first-order chi connectivity index (χ1) is 7.69. The van der Waals surface area contributed by atoms with E-state index in [0.717, 1.165) is 6.29 Å². The minimum absolute atomic E-state index is 0.0112. The summed E-state index contributed by atoms with van der Waals surface area (Å²) in [6, 6.07) is 4.45. The summed E-state index contributed by atoms with van der Waals surface area (Å²) in [6.45, 7) is 0. The Bertz CT molecular complexity index is 426. The number of benzene rings is 1. The molecule has 1 aromatic carbocycles. The number of allylic oxidation sites excluding steroid dienone is 1. The fourth-order valence-electron chi connectivity index (χ4n) is 1.21. The van der Waals surface area contributed by atoms with Crippen LogP contribution < -0.4 is 4.74 Å². The zero-order valence-electron chi connectivity index (χ0n) is 8.75. The highest BCUT2D eigenvalue weighted by molar-refractivity contribution is 5.65. The summed E-state index contributed by atoms with van der Waals surface area (Å²) in [6.07, 6.45) is 4.06. The second-order valence-electron chi connectivity index (χ2n) is 2.99. The van der Waals surface area contributed by atoms with Gasteiger partial charge in [-0.2, -0.15) is 0 Å². The normalized spacial score (nSPS) is 10.3. The molecule has 0 saturated carbocycles. The molecule has 0 aliphatic rings. The molecule has 0 bridgehead atoms. The number of nitro benzene ring substituents is 1. The maximum Gasteiger partial charge on any atom is 0.276 e. The number of carbonyl (C=O) groups is 1. The van der Waals surface area contributed by atoms with Gasteiger partial charge < -0.3 is 9.53 Å². The third-order valence-electron chi connectivity index (χ3n) is 1.96. The molecule has 0 unspecified atom stereocenters. The summed E-state index contributed by atoms with van der Waals surface area (Å²) >= 11 is 0. The molecule has 0 aliphatic carbocycles. The molecule has 0 amide bonds. The van der Waals surface area contributed by atoms with E-state index < -0.39 is 4.92 Å². The van der Waals surface area contributed by atoms with Crippen molar-refractivity contribution >= 4 is 18.0 Å². The number of hydrogen-bond acceptors (Lipinski definition) is 4. The van der Waals surface area contributed by atoms with Crippen molar-refractivity contribution in [2.75, 3.05) is 7.11 Å². The van der Waals surface area contributed by atoms with E-state index in [2.05, 4.69) is 0 Å². The van der Waals surface area contributed by atoms with E-state index in [9.17, 15) is 14.9 Å². The summed E-state index contributed by atoms with van der Waals surface area (Å²) in [5.41, 5.74) is 0.411. The van der Waals surface area contributed by atoms with Crippen LogP contribution in [0, 0.1) is 10.1 Å². The standard InChI is InChI=1S/C11H11NO4/c1-16-10-5-6-11(12(14)15)9(8-10)4-2-3-7-13/h2,4-8H,3H2,1H3. The molecule has 1 rings (SSSR count). The number of carbonyl (C=O) groups excluding carboxylic acids is 1. The third kappa shape index (κ3) is 2.91. The minimum Gasteiger partial charge on any atom is -0.497 e. The Kier molecular flexibility index (Phi) is 4.20. The van der Waals surface area contributed by atoms with E-state index >= 15 is 0 Å². The van der Waals surface area contributed by atoms with Crippen molar-refractivity contribution in [3.8, 4) is 5.75 Å². The Labute approximate surface area is 92.5 Å². The molecule has 0 radical (unpaired) electrons. The molecule has 84 valence electrons. The Morgan fingerprint density at radius 3 is 2.81 bits per heavy atom. The third-order valence-corrected chi connectivity index (χ3v) is 1.96. The van der Waals surface area contributed by atoms with Gasteiger partial charge in [-0.1, -0.05) is 12.2 Å². The van der Waals surface area contributed by atoms with Gasteiger partial charge in [-0.25, -0.2) is 0 Å². The van der Waals surface area contributed by atoms with Crippen molar-refractivity contribution in [1.82, 2.24) is 0 Å². The fraction of sp³-hybridized carbons (Fsp3) is 0.182. The lowest BCUT2D eigenvalue weighted by Gasteiger charge is -2.01. The minimum atomic E-state index is -0.472. The van der Waals surface area contributed by atoms with E-state index in [-0.39, 0.29) is 12.1 Å². The van der Waals surface area contributed by atoms with E-state index in [1.54, 1.807) is 12.1 Å². The Balaban J connectivity index is 3.09. The van der Waals surface area contributed by atoms with Gasteiger partial charge in [-0.3, -0.25) is 10.1 Å². The molecule has 0 spiro atoms. The lowest BCUT2D eigenvalue weighted by atomic mass is 10.1. The van der Waals surface area contributed by atoms with Crippen LogP contribution in [0.1, 0.15) is 12.0 Å². The topological polar surface area (TPSA) is 69.4 Å². The van der Waals surface area contributed by atoms with Gasteiger partial charge in [0.15, 0.2) is 0 Å². The quantitative estimate of drug-likeness (QED) is 0.434. The molecule has 0 atom stereocenters. The first-order valence-corrected chi connectivity index (χ1v) is 4.61. The summed E-state index contributed by atoms with van der Waals surface area (Å²) in [7, 11) is 1.49. The molecule has 0 saturated heterocycles. The van der Waals surface area contributed by atoms with Crippen LogP contribution in [0.25, 0.3) is 6.08 Å². The van der Waals surface area contributed by atoms with Crippen LogP contribution in [0.2, 0.25) is 0 Å². The van der Waals surface area contributed by atoms with E-state index in [1.165, 1.54) is 25.3 Å². The lowest BCUT2D eigenvalue weighted by Crippen LogP contribution is -1.92. The fourth-order valence-corrected chi connectivity index (χ4v) is 1.21. The van der Waals surface area contributed by atoms with E-state index in [1.807, 2.05) is 0 Å². The smallest absolute Gasteiger partial charge is 0.276 e. The molecular formula is C11H11NO4. The molecular weight excluding hydrogens is 210 g/mol. The highest BCUT2D eigenvalue weighted by Crippen LogP contribution is 2.25. The van der Waals surface area contributed by atoms with Crippen molar-refractivity contribution < 1.29 is 14.5 Å². The van der Waals surface area contributed by atoms with Crippen molar-refractivity contribution in [1.29, 1.82) is 0 Å². The number of ether oxygens (including phenoxy) is 1. The predicted molar refractivity (Wildman–Crippen MR) is 59.4 cm³/mol. The summed E-state index contributed by atoms with van der Waals surface area (Å²) < 4.78 is 4.97. The molecule has 0 N–H and O–H groups in total. The molecule has 5 heteroatoms. The van der Waals surface area contributed by atoms with Gasteiger partial charge in [-0.05, 0) is 12.1 Å². The zero-order chi connectivity index (χ0) is 12.0. The maximum absolute atomic E-state index is 10.7. The SMILES string of the molecule is COc1ccc([N+](=O)[O-])c(C=CCC=O)c1. The van der Waals surface area contributed by atoms with Gasteiger partial charge >= 0.3 is 0 Å². The highest BCUT2D eigenvalue weighted by Gasteiger charge is 2.11. The first-order valence-electron chi connectivity index (χ1n) is 4.61. The lowest BCUT2D eigenvalue weighted by molar-refractivity contribution is -0.385.